The first-order chi connectivity index (χ1) is 15.2. The lowest BCUT2D eigenvalue weighted by atomic mass is 9.95. The van der Waals surface area contributed by atoms with Crippen LogP contribution in [0.1, 0.15) is 43.7 Å². The standard InChI is InChI=1S/C24H32N2O5S/c1-16(2)20-10-6-8-17(3)23(20)25-24(27)18-9-7-13-26(15-18)32(28,29)19-11-12-21(30-4)22(14-19)31-5/h6,8,10-12,14,16,18H,7,9,13,15H2,1-5H3,(H,25,27)/t18-/m0/s1. The average molecular weight is 461 g/mol. The third-order valence-electron chi connectivity index (χ3n) is 5.92. The quantitative estimate of drug-likeness (QED) is 0.670. The van der Waals surface area contributed by atoms with Crippen LogP contribution in [0.3, 0.4) is 0 Å². The molecule has 1 aliphatic heterocycles. The predicted octanol–water partition coefficient (Wildman–Crippen LogP) is 4.18. The summed E-state index contributed by atoms with van der Waals surface area (Å²) in [4.78, 5) is 13.2. The summed E-state index contributed by atoms with van der Waals surface area (Å²) < 4.78 is 38.4. The largest absolute Gasteiger partial charge is 0.493 e. The molecule has 1 atom stereocenters. The number of carbonyl (C=O) groups excluding carboxylic acids is 1. The van der Waals surface area contributed by atoms with Gasteiger partial charge in [0.2, 0.25) is 15.9 Å². The number of aryl methyl sites for hydroxylation is 1. The van der Waals surface area contributed by atoms with Crippen molar-refractivity contribution in [3.8, 4) is 11.5 Å². The third kappa shape index (κ3) is 4.91. The van der Waals surface area contributed by atoms with E-state index in [1.165, 1.54) is 30.7 Å². The van der Waals surface area contributed by atoms with E-state index in [2.05, 4.69) is 19.2 Å². The monoisotopic (exact) mass is 460 g/mol. The number of rotatable bonds is 7. The molecule has 0 unspecified atom stereocenters. The normalized spacial score (nSPS) is 17.2. The van der Waals surface area contributed by atoms with Gasteiger partial charge in [-0.25, -0.2) is 8.42 Å². The third-order valence-corrected chi connectivity index (χ3v) is 7.78. The minimum Gasteiger partial charge on any atom is -0.493 e. The molecule has 1 amide bonds. The number of para-hydroxylation sites is 1. The molecule has 174 valence electrons. The molecular formula is C24H32N2O5S. The van der Waals surface area contributed by atoms with Gasteiger partial charge in [-0.15, -0.1) is 0 Å². The Kier molecular flexibility index (Phi) is 7.46. The second-order valence-corrected chi connectivity index (χ2v) is 10.3. The molecule has 1 N–H and O–H groups in total. The van der Waals surface area contributed by atoms with Gasteiger partial charge in [-0.2, -0.15) is 4.31 Å². The lowest BCUT2D eigenvalue weighted by Gasteiger charge is -2.31. The predicted molar refractivity (Wildman–Crippen MR) is 125 cm³/mol. The first-order valence-corrected chi connectivity index (χ1v) is 12.3. The summed E-state index contributed by atoms with van der Waals surface area (Å²) in [6.45, 7) is 6.66. The van der Waals surface area contributed by atoms with Gasteiger partial charge in [0.1, 0.15) is 0 Å². The molecule has 1 heterocycles. The Morgan fingerprint density at radius 3 is 2.50 bits per heavy atom. The van der Waals surface area contributed by atoms with Gasteiger partial charge < -0.3 is 14.8 Å². The molecule has 32 heavy (non-hydrogen) atoms. The first kappa shape index (κ1) is 24.1. The van der Waals surface area contributed by atoms with Crippen molar-refractivity contribution in [2.45, 2.75) is 44.4 Å². The molecule has 0 saturated carbocycles. The summed E-state index contributed by atoms with van der Waals surface area (Å²) in [5, 5.41) is 3.08. The molecule has 1 fully saturated rings. The molecule has 1 aliphatic rings. The molecule has 2 aromatic carbocycles. The molecule has 3 rings (SSSR count). The summed E-state index contributed by atoms with van der Waals surface area (Å²) in [7, 11) is -0.807. The number of benzene rings is 2. The van der Waals surface area contributed by atoms with Gasteiger partial charge in [0, 0.05) is 24.8 Å². The van der Waals surface area contributed by atoms with Gasteiger partial charge in [-0.05, 0) is 48.9 Å². The van der Waals surface area contributed by atoms with Gasteiger partial charge in [0.25, 0.3) is 0 Å². The Balaban J connectivity index is 1.80. The summed E-state index contributed by atoms with van der Waals surface area (Å²) in [5.74, 6) is 0.507. The van der Waals surface area contributed by atoms with Gasteiger partial charge in [0.15, 0.2) is 11.5 Å². The van der Waals surface area contributed by atoms with Gasteiger partial charge in [-0.1, -0.05) is 32.0 Å². The van der Waals surface area contributed by atoms with Crippen molar-refractivity contribution in [1.29, 1.82) is 0 Å². The molecule has 0 aliphatic carbocycles. The van der Waals surface area contributed by atoms with Crippen molar-refractivity contribution >= 4 is 21.6 Å². The van der Waals surface area contributed by atoms with E-state index in [1.807, 2.05) is 25.1 Å². The van der Waals surface area contributed by atoms with Crippen molar-refractivity contribution in [3.05, 3.63) is 47.5 Å². The van der Waals surface area contributed by atoms with E-state index in [0.717, 1.165) is 16.8 Å². The van der Waals surface area contributed by atoms with Crippen LogP contribution in [-0.4, -0.2) is 45.9 Å². The van der Waals surface area contributed by atoms with E-state index < -0.39 is 15.9 Å². The van der Waals surface area contributed by atoms with Gasteiger partial charge >= 0.3 is 0 Å². The van der Waals surface area contributed by atoms with Crippen molar-refractivity contribution in [2.75, 3.05) is 32.6 Å². The van der Waals surface area contributed by atoms with Crippen LogP contribution in [0.4, 0.5) is 5.69 Å². The number of amides is 1. The zero-order valence-electron chi connectivity index (χ0n) is 19.3. The van der Waals surface area contributed by atoms with Crippen LogP contribution in [-0.2, 0) is 14.8 Å². The number of anilines is 1. The number of nitrogens with one attached hydrogen (secondary N) is 1. The summed E-state index contributed by atoms with van der Waals surface area (Å²) in [6.07, 6.45) is 1.27. The number of sulfonamides is 1. The van der Waals surface area contributed by atoms with Gasteiger partial charge in [0.05, 0.1) is 25.0 Å². The molecule has 2 aromatic rings. The van der Waals surface area contributed by atoms with E-state index in [-0.39, 0.29) is 23.3 Å². The summed E-state index contributed by atoms with van der Waals surface area (Å²) >= 11 is 0. The van der Waals surface area contributed by atoms with E-state index in [4.69, 9.17) is 9.47 Å². The molecule has 0 aromatic heterocycles. The highest BCUT2D eigenvalue weighted by atomic mass is 32.2. The SMILES string of the molecule is COc1ccc(S(=O)(=O)N2CCC[C@H](C(=O)Nc3c(C)cccc3C(C)C)C2)cc1OC. The number of hydrogen-bond donors (Lipinski definition) is 1. The lowest BCUT2D eigenvalue weighted by molar-refractivity contribution is -0.120. The second kappa shape index (κ2) is 9.92. The smallest absolute Gasteiger partial charge is 0.243 e. The highest BCUT2D eigenvalue weighted by Gasteiger charge is 2.34. The van der Waals surface area contributed by atoms with Crippen LogP contribution in [0.2, 0.25) is 0 Å². The zero-order chi connectivity index (χ0) is 23.5. The average Bonchev–Trinajstić information content (AvgIpc) is 2.79. The zero-order valence-corrected chi connectivity index (χ0v) is 20.2. The molecule has 8 heteroatoms. The lowest BCUT2D eigenvalue weighted by Crippen LogP contribution is -2.43. The maximum Gasteiger partial charge on any atom is 0.243 e. The summed E-state index contributed by atoms with van der Waals surface area (Å²) in [6, 6.07) is 10.5. The van der Waals surface area contributed by atoms with Crippen molar-refractivity contribution in [1.82, 2.24) is 4.31 Å². The fourth-order valence-electron chi connectivity index (χ4n) is 4.07. The van der Waals surface area contributed by atoms with Gasteiger partial charge in [-0.3, -0.25) is 4.79 Å². The number of methoxy groups -OCH3 is 2. The number of carbonyl (C=O) groups is 1. The number of ether oxygens (including phenoxy) is 2. The van der Waals surface area contributed by atoms with E-state index in [1.54, 1.807) is 6.07 Å². The Morgan fingerprint density at radius 1 is 1.12 bits per heavy atom. The highest BCUT2D eigenvalue weighted by molar-refractivity contribution is 7.89. The maximum absolute atomic E-state index is 13.3. The highest BCUT2D eigenvalue weighted by Crippen LogP contribution is 2.33. The molecular weight excluding hydrogens is 428 g/mol. The van der Waals surface area contributed by atoms with Crippen LogP contribution >= 0.6 is 0 Å². The maximum atomic E-state index is 13.3. The van der Waals surface area contributed by atoms with Crippen LogP contribution < -0.4 is 14.8 Å². The molecule has 0 bridgehead atoms. The van der Waals surface area contributed by atoms with Crippen molar-refractivity contribution < 1.29 is 22.7 Å². The van der Waals surface area contributed by atoms with E-state index >= 15 is 0 Å². The van der Waals surface area contributed by atoms with E-state index in [0.29, 0.717) is 30.9 Å². The fraction of sp³-hybridized carbons (Fsp3) is 0.458. The second-order valence-electron chi connectivity index (χ2n) is 8.40. The minimum absolute atomic E-state index is 0.122. The van der Waals surface area contributed by atoms with Crippen LogP contribution in [0.5, 0.6) is 11.5 Å². The topological polar surface area (TPSA) is 84.9 Å². The Bertz CT molecular complexity index is 1080. The Labute approximate surface area is 190 Å². The van der Waals surface area contributed by atoms with Crippen LogP contribution in [0, 0.1) is 12.8 Å². The van der Waals surface area contributed by atoms with Crippen molar-refractivity contribution in [2.24, 2.45) is 5.92 Å². The molecule has 1 saturated heterocycles. The minimum atomic E-state index is -3.77. The fourth-order valence-corrected chi connectivity index (χ4v) is 5.61. The molecule has 7 nitrogen and oxygen atoms in total. The van der Waals surface area contributed by atoms with E-state index in [9.17, 15) is 13.2 Å². The summed E-state index contributed by atoms with van der Waals surface area (Å²) in [5.41, 5.74) is 2.89. The molecule has 0 spiro atoms. The number of piperidine rings is 1. The Hall–Kier alpha value is -2.58. The molecule has 0 radical (unpaired) electrons. The van der Waals surface area contributed by atoms with Crippen LogP contribution in [0.25, 0.3) is 0 Å². The first-order valence-electron chi connectivity index (χ1n) is 10.8. The number of nitrogens with zero attached hydrogens (tertiary/aromatic N) is 1. The number of hydrogen-bond acceptors (Lipinski definition) is 5. The van der Waals surface area contributed by atoms with Crippen LogP contribution in [0.15, 0.2) is 41.3 Å². The Morgan fingerprint density at radius 2 is 1.84 bits per heavy atom. The van der Waals surface area contributed by atoms with Crippen molar-refractivity contribution in [3.63, 3.8) is 0 Å².